The van der Waals surface area contributed by atoms with Gasteiger partial charge in [-0.1, -0.05) is 18.5 Å². The van der Waals surface area contributed by atoms with Crippen LogP contribution < -0.4 is 5.32 Å². The third kappa shape index (κ3) is 2.88. The Kier molecular flexibility index (Phi) is 4.15. The molecule has 84 valence electrons. The van der Waals surface area contributed by atoms with E-state index in [1.54, 1.807) is 6.92 Å². The molecule has 1 amide bonds. The first-order valence-electron chi connectivity index (χ1n) is 4.77. The van der Waals surface area contributed by atoms with E-state index in [-0.39, 0.29) is 11.3 Å². The van der Waals surface area contributed by atoms with Gasteiger partial charge in [0, 0.05) is 5.02 Å². The van der Waals surface area contributed by atoms with Gasteiger partial charge in [0.25, 0.3) is 5.91 Å². The van der Waals surface area contributed by atoms with Crippen molar-refractivity contribution in [3.8, 4) is 11.8 Å². The molecular formula is C11H11ClN2O2. The lowest BCUT2D eigenvalue weighted by Crippen LogP contribution is -2.33. The summed E-state index contributed by atoms with van der Waals surface area (Å²) < 4.78 is 0. The lowest BCUT2D eigenvalue weighted by atomic mass is 10.1. The van der Waals surface area contributed by atoms with E-state index < -0.39 is 11.9 Å². The molecule has 0 heterocycles. The molecule has 4 nitrogen and oxygen atoms in total. The Labute approximate surface area is 98.5 Å². The number of rotatable bonds is 3. The molecule has 0 saturated carbocycles. The van der Waals surface area contributed by atoms with E-state index >= 15 is 0 Å². The van der Waals surface area contributed by atoms with Crippen LogP contribution in [-0.4, -0.2) is 17.1 Å². The molecular weight excluding hydrogens is 228 g/mol. The third-order valence-corrected chi connectivity index (χ3v) is 2.31. The molecule has 1 rings (SSSR count). The zero-order chi connectivity index (χ0) is 12.1. The van der Waals surface area contributed by atoms with E-state index in [9.17, 15) is 9.90 Å². The monoisotopic (exact) mass is 238 g/mol. The van der Waals surface area contributed by atoms with Crippen molar-refractivity contribution in [1.82, 2.24) is 5.32 Å². The molecule has 0 saturated heterocycles. The van der Waals surface area contributed by atoms with Gasteiger partial charge in [-0.2, -0.15) is 5.26 Å². The molecule has 1 aromatic carbocycles. The smallest absolute Gasteiger partial charge is 0.256 e. The Bertz CT molecular complexity index is 440. The van der Waals surface area contributed by atoms with E-state index in [0.29, 0.717) is 11.4 Å². The minimum Gasteiger partial charge on any atom is -0.507 e. The highest BCUT2D eigenvalue weighted by atomic mass is 35.5. The second-order valence-electron chi connectivity index (χ2n) is 3.22. The van der Waals surface area contributed by atoms with Gasteiger partial charge in [0.2, 0.25) is 0 Å². The third-order valence-electron chi connectivity index (χ3n) is 2.07. The van der Waals surface area contributed by atoms with Crippen molar-refractivity contribution in [2.45, 2.75) is 19.4 Å². The average Bonchev–Trinajstić information content (AvgIpc) is 2.25. The molecule has 0 aromatic heterocycles. The zero-order valence-electron chi connectivity index (χ0n) is 8.70. The highest BCUT2D eigenvalue weighted by Crippen LogP contribution is 2.21. The first-order chi connectivity index (χ1) is 7.58. The molecule has 16 heavy (non-hydrogen) atoms. The summed E-state index contributed by atoms with van der Waals surface area (Å²) in [6.07, 6.45) is 0.511. The summed E-state index contributed by atoms with van der Waals surface area (Å²) in [4.78, 5) is 11.6. The van der Waals surface area contributed by atoms with Crippen molar-refractivity contribution < 1.29 is 9.90 Å². The van der Waals surface area contributed by atoms with Crippen LogP contribution in [0.3, 0.4) is 0 Å². The van der Waals surface area contributed by atoms with Gasteiger partial charge < -0.3 is 10.4 Å². The number of carbonyl (C=O) groups excluding carboxylic acids is 1. The maximum Gasteiger partial charge on any atom is 0.256 e. The number of nitrogens with zero attached hydrogens (tertiary/aromatic N) is 1. The summed E-state index contributed by atoms with van der Waals surface area (Å²) in [6, 6.07) is 5.59. The van der Waals surface area contributed by atoms with Crippen LogP contribution in [0.1, 0.15) is 23.7 Å². The zero-order valence-corrected chi connectivity index (χ0v) is 9.45. The van der Waals surface area contributed by atoms with Gasteiger partial charge in [0.05, 0.1) is 11.6 Å². The first-order valence-corrected chi connectivity index (χ1v) is 5.15. The number of hydrogen-bond donors (Lipinski definition) is 2. The number of amides is 1. The normalized spacial score (nSPS) is 11.6. The molecule has 0 radical (unpaired) electrons. The lowest BCUT2D eigenvalue weighted by molar-refractivity contribution is 0.0942. The molecule has 0 aliphatic heterocycles. The van der Waals surface area contributed by atoms with Crippen LogP contribution in [0, 0.1) is 11.3 Å². The molecule has 1 aromatic rings. The number of phenols is 1. The molecule has 0 fully saturated rings. The number of phenolic OH excluding ortho intramolecular Hbond substituents is 1. The summed E-state index contributed by atoms with van der Waals surface area (Å²) in [5, 5.41) is 21.0. The van der Waals surface area contributed by atoms with Crippen molar-refractivity contribution in [3.05, 3.63) is 28.8 Å². The molecule has 0 spiro atoms. The highest BCUT2D eigenvalue weighted by molar-refractivity contribution is 6.30. The van der Waals surface area contributed by atoms with E-state index in [2.05, 4.69) is 5.32 Å². The largest absolute Gasteiger partial charge is 0.507 e. The number of carbonyl (C=O) groups is 1. The van der Waals surface area contributed by atoms with Crippen molar-refractivity contribution in [3.63, 3.8) is 0 Å². The van der Waals surface area contributed by atoms with Crippen LogP contribution in [0.2, 0.25) is 5.02 Å². The van der Waals surface area contributed by atoms with Crippen LogP contribution in [0.5, 0.6) is 5.75 Å². The van der Waals surface area contributed by atoms with Gasteiger partial charge in [0.15, 0.2) is 0 Å². The maximum absolute atomic E-state index is 11.6. The molecule has 0 aliphatic rings. The fourth-order valence-corrected chi connectivity index (χ4v) is 1.32. The molecule has 1 unspecified atom stereocenters. The summed E-state index contributed by atoms with van der Waals surface area (Å²) in [5.41, 5.74) is 0.109. The molecule has 1 atom stereocenters. The Hall–Kier alpha value is -1.73. The minimum absolute atomic E-state index is 0.109. The Balaban J connectivity index is 2.85. The Morgan fingerprint density at radius 3 is 2.88 bits per heavy atom. The maximum atomic E-state index is 11.6. The average molecular weight is 239 g/mol. The van der Waals surface area contributed by atoms with Crippen LogP contribution in [0.25, 0.3) is 0 Å². The summed E-state index contributed by atoms with van der Waals surface area (Å²) in [6.45, 7) is 1.79. The molecule has 5 heteroatoms. The van der Waals surface area contributed by atoms with Crippen LogP contribution in [0.15, 0.2) is 18.2 Å². The Morgan fingerprint density at radius 1 is 1.69 bits per heavy atom. The highest BCUT2D eigenvalue weighted by Gasteiger charge is 2.14. The van der Waals surface area contributed by atoms with Crippen LogP contribution in [0.4, 0.5) is 0 Å². The van der Waals surface area contributed by atoms with Gasteiger partial charge in [-0.3, -0.25) is 4.79 Å². The number of aromatic hydroxyl groups is 1. The number of hydrogen-bond acceptors (Lipinski definition) is 3. The van der Waals surface area contributed by atoms with Gasteiger partial charge in [-0.05, 0) is 24.6 Å². The number of benzene rings is 1. The van der Waals surface area contributed by atoms with Crippen molar-refractivity contribution in [1.29, 1.82) is 5.26 Å². The van der Waals surface area contributed by atoms with E-state index in [0.717, 1.165) is 0 Å². The topological polar surface area (TPSA) is 73.1 Å². The van der Waals surface area contributed by atoms with Gasteiger partial charge in [0.1, 0.15) is 11.8 Å². The van der Waals surface area contributed by atoms with Crippen molar-refractivity contribution >= 4 is 17.5 Å². The fraction of sp³-hybridized carbons (Fsp3) is 0.273. The fourth-order valence-electron chi connectivity index (χ4n) is 1.16. The number of halogens is 1. The lowest BCUT2D eigenvalue weighted by Gasteiger charge is -2.10. The summed E-state index contributed by atoms with van der Waals surface area (Å²) in [5.74, 6) is -0.680. The predicted molar refractivity (Wildman–Crippen MR) is 60.3 cm³/mol. The first kappa shape index (κ1) is 12.3. The SMILES string of the molecule is CCC(C#N)NC(=O)c1ccc(Cl)cc1O. The van der Waals surface area contributed by atoms with Crippen LogP contribution in [-0.2, 0) is 0 Å². The molecule has 0 aliphatic carbocycles. The second-order valence-corrected chi connectivity index (χ2v) is 3.66. The standard InChI is InChI=1S/C11H11ClN2O2/c1-2-8(6-13)14-11(16)9-4-3-7(12)5-10(9)15/h3-5,8,15H,2H2,1H3,(H,14,16). The summed E-state index contributed by atoms with van der Waals surface area (Å²) in [7, 11) is 0. The van der Waals surface area contributed by atoms with E-state index in [1.807, 2.05) is 6.07 Å². The molecule has 2 N–H and O–H groups in total. The second kappa shape index (κ2) is 5.38. The van der Waals surface area contributed by atoms with E-state index in [1.165, 1.54) is 18.2 Å². The minimum atomic E-state index is -0.553. The number of nitrogens with one attached hydrogen (secondary N) is 1. The predicted octanol–water partition coefficient (Wildman–Crippen LogP) is 2.08. The van der Waals surface area contributed by atoms with Crippen molar-refractivity contribution in [2.24, 2.45) is 0 Å². The van der Waals surface area contributed by atoms with Gasteiger partial charge in [-0.15, -0.1) is 0 Å². The Morgan fingerprint density at radius 2 is 2.38 bits per heavy atom. The van der Waals surface area contributed by atoms with Crippen LogP contribution >= 0.6 is 11.6 Å². The van der Waals surface area contributed by atoms with E-state index in [4.69, 9.17) is 16.9 Å². The number of nitriles is 1. The molecule has 0 bridgehead atoms. The quantitative estimate of drug-likeness (QED) is 0.847. The van der Waals surface area contributed by atoms with Crippen molar-refractivity contribution in [2.75, 3.05) is 0 Å². The summed E-state index contributed by atoms with van der Waals surface area (Å²) >= 11 is 5.64. The van der Waals surface area contributed by atoms with Gasteiger partial charge >= 0.3 is 0 Å². The van der Waals surface area contributed by atoms with Gasteiger partial charge in [-0.25, -0.2) is 0 Å².